The maximum Gasteiger partial charge on any atom is 0.227 e. The van der Waals surface area contributed by atoms with Crippen molar-refractivity contribution < 1.29 is 9.90 Å². The van der Waals surface area contributed by atoms with E-state index in [1.54, 1.807) is 0 Å². The Hall–Kier alpha value is -1.35. The number of carbonyl (C=O) groups excluding carboxylic acids is 1. The van der Waals surface area contributed by atoms with E-state index in [-0.39, 0.29) is 18.4 Å². The summed E-state index contributed by atoms with van der Waals surface area (Å²) < 4.78 is 0. The summed E-state index contributed by atoms with van der Waals surface area (Å²) in [6.07, 6.45) is 3.66. The van der Waals surface area contributed by atoms with Crippen molar-refractivity contribution in [3.05, 3.63) is 29.8 Å². The van der Waals surface area contributed by atoms with Gasteiger partial charge < -0.3 is 10.4 Å². The Morgan fingerprint density at radius 3 is 2.94 bits per heavy atom. The molecule has 0 aromatic heterocycles. The Morgan fingerprint density at radius 2 is 2.25 bits per heavy atom. The normalized spacial score (nSPS) is 14.8. The fourth-order valence-electron chi connectivity index (χ4n) is 1.68. The standard InChI is InChI=1S/C13H17NO2/c15-8-2-4-10-3-1-5-12(9-10)14-13(16)11-6-7-11/h1,3,5,9,11,15H,2,4,6-8H2,(H,14,16). The van der Waals surface area contributed by atoms with Crippen molar-refractivity contribution in [3.63, 3.8) is 0 Å². The van der Waals surface area contributed by atoms with Crippen LogP contribution in [-0.2, 0) is 11.2 Å². The molecule has 1 aliphatic carbocycles. The number of aryl methyl sites for hydroxylation is 1. The third kappa shape index (κ3) is 3.07. The number of amides is 1. The topological polar surface area (TPSA) is 49.3 Å². The Balaban J connectivity index is 1.95. The smallest absolute Gasteiger partial charge is 0.227 e. The highest BCUT2D eigenvalue weighted by Crippen LogP contribution is 2.30. The summed E-state index contributed by atoms with van der Waals surface area (Å²) in [5, 5.41) is 11.7. The number of hydrogen-bond donors (Lipinski definition) is 2. The van der Waals surface area contributed by atoms with E-state index in [0.29, 0.717) is 0 Å². The van der Waals surface area contributed by atoms with E-state index in [9.17, 15) is 4.79 Å². The number of rotatable bonds is 5. The Labute approximate surface area is 95.5 Å². The minimum atomic E-state index is 0.138. The van der Waals surface area contributed by atoms with Crippen molar-refractivity contribution in [3.8, 4) is 0 Å². The molecule has 2 N–H and O–H groups in total. The maximum atomic E-state index is 11.5. The quantitative estimate of drug-likeness (QED) is 0.795. The molecule has 1 amide bonds. The highest BCUT2D eigenvalue weighted by molar-refractivity contribution is 5.94. The molecule has 2 rings (SSSR count). The zero-order chi connectivity index (χ0) is 11.4. The van der Waals surface area contributed by atoms with Gasteiger partial charge >= 0.3 is 0 Å². The molecule has 0 bridgehead atoms. The summed E-state index contributed by atoms with van der Waals surface area (Å²) >= 11 is 0. The van der Waals surface area contributed by atoms with Crippen molar-refractivity contribution in [1.82, 2.24) is 0 Å². The van der Waals surface area contributed by atoms with Gasteiger partial charge in [-0.3, -0.25) is 4.79 Å². The van der Waals surface area contributed by atoms with Crippen molar-refractivity contribution >= 4 is 11.6 Å². The molecule has 3 nitrogen and oxygen atoms in total. The van der Waals surface area contributed by atoms with E-state index >= 15 is 0 Å². The van der Waals surface area contributed by atoms with Gasteiger partial charge in [-0.05, 0) is 43.4 Å². The Kier molecular flexibility index (Phi) is 3.57. The average molecular weight is 219 g/mol. The summed E-state index contributed by atoms with van der Waals surface area (Å²) in [4.78, 5) is 11.5. The van der Waals surface area contributed by atoms with Gasteiger partial charge in [-0.1, -0.05) is 12.1 Å². The van der Waals surface area contributed by atoms with Gasteiger partial charge in [0.1, 0.15) is 0 Å². The van der Waals surface area contributed by atoms with E-state index < -0.39 is 0 Å². The molecule has 3 heteroatoms. The van der Waals surface area contributed by atoms with Crippen molar-refractivity contribution in [1.29, 1.82) is 0 Å². The molecule has 1 saturated carbocycles. The first-order chi connectivity index (χ1) is 7.79. The SMILES string of the molecule is O=C(Nc1cccc(CCCO)c1)C1CC1. The molecular formula is C13H17NO2. The van der Waals surface area contributed by atoms with E-state index in [4.69, 9.17) is 5.11 Å². The van der Waals surface area contributed by atoms with Crippen LogP contribution in [0, 0.1) is 5.92 Å². The number of hydrogen-bond acceptors (Lipinski definition) is 2. The van der Waals surface area contributed by atoms with Gasteiger partial charge in [-0.15, -0.1) is 0 Å². The minimum Gasteiger partial charge on any atom is -0.396 e. The fourth-order valence-corrected chi connectivity index (χ4v) is 1.68. The molecule has 0 aliphatic heterocycles. The molecule has 0 heterocycles. The first-order valence-electron chi connectivity index (χ1n) is 5.80. The lowest BCUT2D eigenvalue weighted by Crippen LogP contribution is -2.13. The van der Waals surface area contributed by atoms with Gasteiger partial charge in [-0.25, -0.2) is 0 Å². The molecule has 0 saturated heterocycles. The maximum absolute atomic E-state index is 11.5. The molecule has 1 aromatic carbocycles. The molecule has 0 unspecified atom stereocenters. The number of nitrogens with one attached hydrogen (secondary N) is 1. The predicted molar refractivity (Wildman–Crippen MR) is 63.2 cm³/mol. The van der Waals surface area contributed by atoms with Gasteiger partial charge in [0.2, 0.25) is 5.91 Å². The molecular weight excluding hydrogens is 202 g/mol. The Morgan fingerprint density at radius 1 is 1.44 bits per heavy atom. The molecule has 16 heavy (non-hydrogen) atoms. The molecule has 0 atom stereocenters. The number of anilines is 1. The van der Waals surface area contributed by atoms with Gasteiger partial charge in [0.25, 0.3) is 0 Å². The van der Waals surface area contributed by atoms with Crippen molar-refractivity contribution in [2.45, 2.75) is 25.7 Å². The number of aliphatic hydroxyl groups excluding tert-OH is 1. The monoisotopic (exact) mass is 219 g/mol. The molecule has 0 radical (unpaired) electrons. The lowest BCUT2D eigenvalue weighted by Gasteiger charge is -2.06. The molecule has 0 spiro atoms. The van der Waals surface area contributed by atoms with Crippen LogP contribution in [0.5, 0.6) is 0 Å². The molecule has 1 aliphatic rings. The largest absolute Gasteiger partial charge is 0.396 e. The van der Waals surface area contributed by atoms with Crippen LogP contribution in [0.25, 0.3) is 0 Å². The van der Waals surface area contributed by atoms with E-state index in [1.807, 2.05) is 24.3 Å². The zero-order valence-electron chi connectivity index (χ0n) is 9.28. The van der Waals surface area contributed by atoms with Crippen LogP contribution in [0.4, 0.5) is 5.69 Å². The first-order valence-corrected chi connectivity index (χ1v) is 5.80. The lowest BCUT2D eigenvalue weighted by molar-refractivity contribution is -0.117. The fraction of sp³-hybridized carbons (Fsp3) is 0.462. The van der Waals surface area contributed by atoms with E-state index in [1.165, 1.54) is 0 Å². The van der Waals surface area contributed by atoms with Crippen LogP contribution >= 0.6 is 0 Å². The minimum absolute atomic E-state index is 0.138. The zero-order valence-corrected chi connectivity index (χ0v) is 9.28. The number of aliphatic hydroxyl groups is 1. The lowest BCUT2D eigenvalue weighted by atomic mass is 10.1. The van der Waals surface area contributed by atoms with Crippen LogP contribution in [0.15, 0.2) is 24.3 Å². The van der Waals surface area contributed by atoms with Gasteiger partial charge in [-0.2, -0.15) is 0 Å². The van der Waals surface area contributed by atoms with Crippen LogP contribution in [0.3, 0.4) is 0 Å². The van der Waals surface area contributed by atoms with Gasteiger partial charge in [0.05, 0.1) is 0 Å². The second-order valence-electron chi connectivity index (χ2n) is 4.29. The molecule has 1 aromatic rings. The Bertz CT molecular complexity index is 372. The molecule has 86 valence electrons. The first kappa shape index (κ1) is 11.1. The summed E-state index contributed by atoms with van der Waals surface area (Å²) in [5.74, 6) is 0.375. The highest BCUT2D eigenvalue weighted by Gasteiger charge is 2.29. The summed E-state index contributed by atoms with van der Waals surface area (Å²) in [6.45, 7) is 0.207. The third-order valence-electron chi connectivity index (χ3n) is 2.77. The van der Waals surface area contributed by atoms with Gasteiger partial charge in [0, 0.05) is 18.2 Å². The average Bonchev–Trinajstić information content (AvgIpc) is 3.10. The summed E-state index contributed by atoms with van der Waals surface area (Å²) in [6, 6.07) is 7.84. The van der Waals surface area contributed by atoms with E-state index in [2.05, 4.69) is 5.32 Å². The second kappa shape index (κ2) is 5.12. The summed E-state index contributed by atoms with van der Waals surface area (Å²) in [7, 11) is 0. The summed E-state index contributed by atoms with van der Waals surface area (Å²) in [5.41, 5.74) is 2.02. The number of benzene rings is 1. The highest BCUT2D eigenvalue weighted by atomic mass is 16.2. The van der Waals surface area contributed by atoms with Gasteiger partial charge in [0.15, 0.2) is 0 Å². The number of carbonyl (C=O) groups is 1. The van der Waals surface area contributed by atoms with Crippen LogP contribution in [0.1, 0.15) is 24.8 Å². The third-order valence-corrected chi connectivity index (χ3v) is 2.77. The predicted octanol–water partition coefficient (Wildman–Crippen LogP) is 1.96. The molecule has 1 fully saturated rings. The second-order valence-corrected chi connectivity index (χ2v) is 4.29. The van der Waals surface area contributed by atoms with Crippen LogP contribution in [-0.4, -0.2) is 17.6 Å². The van der Waals surface area contributed by atoms with Crippen molar-refractivity contribution in [2.75, 3.05) is 11.9 Å². The van der Waals surface area contributed by atoms with Crippen molar-refractivity contribution in [2.24, 2.45) is 5.92 Å². The van der Waals surface area contributed by atoms with Crippen LogP contribution < -0.4 is 5.32 Å². The van der Waals surface area contributed by atoms with Crippen LogP contribution in [0.2, 0.25) is 0 Å². The van der Waals surface area contributed by atoms with E-state index in [0.717, 1.165) is 36.9 Å².